The summed E-state index contributed by atoms with van der Waals surface area (Å²) in [5, 5.41) is 22.6. The van der Waals surface area contributed by atoms with Crippen molar-refractivity contribution >= 4 is 23.2 Å². The molecule has 3 N–H and O–H groups in total. The van der Waals surface area contributed by atoms with Gasteiger partial charge >= 0.3 is 0 Å². The van der Waals surface area contributed by atoms with Gasteiger partial charge in [0.25, 0.3) is 5.91 Å². The van der Waals surface area contributed by atoms with Crippen LogP contribution in [0.25, 0.3) is 11.0 Å². The van der Waals surface area contributed by atoms with Gasteiger partial charge in [-0.05, 0) is 24.3 Å². The number of nitrogens with zero attached hydrogens (tertiary/aromatic N) is 3. The lowest BCUT2D eigenvalue weighted by atomic mass is 10.2. The van der Waals surface area contributed by atoms with Crippen LogP contribution in [0.5, 0.6) is 11.5 Å². The molecule has 0 atom stereocenters. The van der Waals surface area contributed by atoms with E-state index in [9.17, 15) is 15.0 Å². The summed E-state index contributed by atoms with van der Waals surface area (Å²) in [7, 11) is 0. The molecule has 3 rings (SSSR count). The maximum atomic E-state index is 11.9. The highest BCUT2D eigenvalue weighted by atomic mass is 16.3. The fourth-order valence-electron chi connectivity index (χ4n) is 2.14. The first-order valence-electron chi connectivity index (χ1n) is 6.87. The maximum Gasteiger partial charge on any atom is 0.260 e. The maximum absolute atomic E-state index is 11.9. The molecular formula is C16H14N4O3. The average Bonchev–Trinajstić information content (AvgIpc) is 2.93. The zero-order valence-electron chi connectivity index (χ0n) is 12.0. The normalized spacial score (nSPS) is 11.1. The fraction of sp³-hybridized carbons (Fsp3) is 0.0625. The molecule has 0 aliphatic heterocycles. The molecule has 0 spiro atoms. The quantitative estimate of drug-likeness (QED) is 0.503. The smallest absolute Gasteiger partial charge is 0.260 e. The van der Waals surface area contributed by atoms with Gasteiger partial charge in [-0.25, -0.2) is 10.4 Å². The molecule has 1 amide bonds. The Balaban J connectivity index is 1.64. The predicted molar refractivity (Wildman–Crippen MR) is 85.2 cm³/mol. The minimum Gasteiger partial charge on any atom is -0.508 e. The van der Waals surface area contributed by atoms with Crippen LogP contribution in [0.2, 0.25) is 0 Å². The zero-order chi connectivity index (χ0) is 16.2. The number of amides is 1. The van der Waals surface area contributed by atoms with E-state index in [1.807, 2.05) is 24.3 Å². The van der Waals surface area contributed by atoms with Crippen molar-refractivity contribution in [1.29, 1.82) is 0 Å². The van der Waals surface area contributed by atoms with Gasteiger partial charge in [-0.1, -0.05) is 12.1 Å². The Kier molecular flexibility index (Phi) is 3.92. The molecule has 0 radical (unpaired) electrons. The lowest BCUT2D eigenvalue weighted by Gasteiger charge is -2.03. The van der Waals surface area contributed by atoms with Gasteiger partial charge in [0.05, 0.1) is 23.6 Å². The Bertz CT molecular complexity index is 886. The third-order valence-corrected chi connectivity index (χ3v) is 3.25. The summed E-state index contributed by atoms with van der Waals surface area (Å²) in [4.78, 5) is 16.1. The van der Waals surface area contributed by atoms with E-state index < -0.39 is 0 Å². The number of phenolic OH excluding ortho intramolecular Hbond substituents is 2. The van der Waals surface area contributed by atoms with Crippen LogP contribution in [0.3, 0.4) is 0 Å². The van der Waals surface area contributed by atoms with Crippen molar-refractivity contribution in [3.63, 3.8) is 0 Å². The molecule has 0 fully saturated rings. The van der Waals surface area contributed by atoms with Gasteiger partial charge in [-0.2, -0.15) is 5.10 Å². The molecule has 0 unspecified atom stereocenters. The minimum atomic E-state index is -0.317. The number of hydrogen-bond acceptors (Lipinski definition) is 5. The molecule has 7 heteroatoms. The molecule has 1 heterocycles. The van der Waals surface area contributed by atoms with Crippen molar-refractivity contribution in [3.8, 4) is 11.5 Å². The number of aromatic hydroxyl groups is 2. The van der Waals surface area contributed by atoms with Crippen LogP contribution < -0.4 is 5.43 Å². The molecule has 2 aromatic carbocycles. The van der Waals surface area contributed by atoms with Crippen LogP contribution in [0.15, 0.2) is 53.9 Å². The standard InChI is InChI=1S/C16H14N4O3/c21-12-6-5-11(15(22)7-12)8-18-19-16(23)9-20-10-17-13-3-1-2-4-14(13)20/h1-8,10,21-22H,9H2,(H,19,23)/b18-8-. The number of hydrazone groups is 1. The van der Waals surface area contributed by atoms with Gasteiger partial charge in [-0.3, -0.25) is 4.79 Å². The number of aromatic nitrogens is 2. The molecule has 23 heavy (non-hydrogen) atoms. The Morgan fingerprint density at radius 2 is 2.09 bits per heavy atom. The van der Waals surface area contributed by atoms with E-state index >= 15 is 0 Å². The number of carbonyl (C=O) groups is 1. The molecule has 0 bridgehead atoms. The van der Waals surface area contributed by atoms with E-state index in [2.05, 4.69) is 15.5 Å². The number of rotatable bonds is 4. The molecule has 3 aromatic rings. The largest absolute Gasteiger partial charge is 0.508 e. The Morgan fingerprint density at radius 3 is 2.91 bits per heavy atom. The van der Waals surface area contributed by atoms with Crippen LogP contribution >= 0.6 is 0 Å². The van der Waals surface area contributed by atoms with E-state index in [-0.39, 0.29) is 24.0 Å². The zero-order valence-corrected chi connectivity index (χ0v) is 12.0. The molecule has 0 saturated heterocycles. The SMILES string of the molecule is O=C(Cn1cnc2ccccc21)N/N=C\c1ccc(O)cc1O. The van der Waals surface area contributed by atoms with Crippen LogP contribution in [-0.4, -0.2) is 31.9 Å². The summed E-state index contributed by atoms with van der Waals surface area (Å²) in [6, 6.07) is 11.6. The average molecular weight is 310 g/mol. The lowest BCUT2D eigenvalue weighted by molar-refractivity contribution is -0.121. The highest BCUT2D eigenvalue weighted by Crippen LogP contribution is 2.20. The summed E-state index contributed by atoms with van der Waals surface area (Å²) >= 11 is 0. The lowest BCUT2D eigenvalue weighted by Crippen LogP contribution is -2.22. The number of para-hydroxylation sites is 2. The van der Waals surface area contributed by atoms with Crippen molar-refractivity contribution in [2.45, 2.75) is 6.54 Å². The van der Waals surface area contributed by atoms with Crippen molar-refractivity contribution in [1.82, 2.24) is 15.0 Å². The van der Waals surface area contributed by atoms with Crippen molar-refractivity contribution in [2.24, 2.45) is 5.10 Å². The monoisotopic (exact) mass is 310 g/mol. The first-order valence-corrected chi connectivity index (χ1v) is 6.87. The summed E-state index contributed by atoms with van der Waals surface area (Å²) in [6.07, 6.45) is 2.90. The Labute approximate surface area is 131 Å². The summed E-state index contributed by atoms with van der Waals surface area (Å²) in [5.74, 6) is -0.484. The van der Waals surface area contributed by atoms with Gasteiger partial charge in [0.15, 0.2) is 0 Å². The molecule has 0 aliphatic rings. The summed E-state index contributed by atoms with van der Waals surface area (Å²) in [5.41, 5.74) is 4.45. The molecule has 116 valence electrons. The Morgan fingerprint density at radius 1 is 1.26 bits per heavy atom. The second-order valence-corrected chi connectivity index (χ2v) is 4.90. The number of benzene rings is 2. The van der Waals surface area contributed by atoms with Crippen molar-refractivity contribution in [3.05, 3.63) is 54.4 Å². The van der Waals surface area contributed by atoms with E-state index in [0.29, 0.717) is 5.56 Å². The summed E-state index contributed by atoms with van der Waals surface area (Å²) in [6.45, 7) is 0.0828. The molecule has 7 nitrogen and oxygen atoms in total. The summed E-state index contributed by atoms with van der Waals surface area (Å²) < 4.78 is 1.72. The third kappa shape index (κ3) is 3.29. The number of hydrogen-bond donors (Lipinski definition) is 3. The number of imidazole rings is 1. The minimum absolute atomic E-state index is 0.0457. The van der Waals surface area contributed by atoms with Crippen molar-refractivity contribution in [2.75, 3.05) is 0 Å². The van der Waals surface area contributed by atoms with Crippen LogP contribution in [0, 0.1) is 0 Å². The van der Waals surface area contributed by atoms with E-state index in [4.69, 9.17) is 0 Å². The molecular weight excluding hydrogens is 296 g/mol. The van der Waals surface area contributed by atoms with Gasteiger partial charge in [0.1, 0.15) is 18.0 Å². The topological polar surface area (TPSA) is 99.7 Å². The van der Waals surface area contributed by atoms with E-state index in [1.165, 1.54) is 24.4 Å². The van der Waals surface area contributed by atoms with Crippen molar-refractivity contribution < 1.29 is 15.0 Å². The van der Waals surface area contributed by atoms with E-state index in [0.717, 1.165) is 11.0 Å². The van der Waals surface area contributed by atoms with Crippen LogP contribution in [0.1, 0.15) is 5.56 Å². The molecule has 0 aliphatic carbocycles. The first-order chi connectivity index (χ1) is 11.1. The highest BCUT2D eigenvalue weighted by Gasteiger charge is 2.06. The molecule has 0 saturated carbocycles. The van der Waals surface area contributed by atoms with E-state index in [1.54, 1.807) is 10.9 Å². The first kappa shape index (κ1) is 14.6. The van der Waals surface area contributed by atoms with Gasteiger partial charge in [0.2, 0.25) is 0 Å². The van der Waals surface area contributed by atoms with Gasteiger partial charge < -0.3 is 14.8 Å². The van der Waals surface area contributed by atoms with Crippen LogP contribution in [0.4, 0.5) is 0 Å². The van der Waals surface area contributed by atoms with Crippen LogP contribution in [-0.2, 0) is 11.3 Å². The predicted octanol–water partition coefficient (Wildman–Crippen LogP) is 1.60. The third-order valence-electron chi connectivity index (χ3n) is 3.25. The van der Waals surface area contributed by atoms with Gasteiger partial charge in [0, 0.05) is 11.6 Å². The molecule has 1 aromatic heterocycles. The number of fused-ring (bicyclic) bond motifs is 1. The number of phenols is 2. The fourth-order valence-corrected chi connectivity index (χ4v) is 2.14. The second kappa shape index (κ2) is 6.18. The Hall–Kier alpha value is -3.35. The second-order valence-electron chi connectivity index (χ2n) is 4.90. The van der Waals surface area contributed by atoms with Gasteiger partial charge in [-0.15, -0.1) is 0 Å². The number of carbonyl (C=O) groups excluding carboxylic acids is 1. The number of nitrogens with one attached hydrogen (secondary N) is 1. The highest BCUT2D eigenvalue weighted by molar-refractivity contribution is 5.85.